The lowest BCUT2D eigenvalue weighted by atomic mass is 10.0. The molecule has 0 aromatic heterocycles. The van der Waals surface area contributed by atoms with Crippen LogP contribution < -0.4 is 5.43 Å². The molecule has 108 valence electrons. The van der Waals surface area contributed by atoms with E-state index in [1.807, 2.05) is 37.3 Å². The van der Waals surface area contributed by atoms with E-state index in [9.17, 15) is 0 Å². The molecule has 1 rings (SSSR count). The molecule has 0 heterocycles. The van der Waals surface area contributed by atoms with Crippen LogP contribution in [0.25, 0.3) is 0 Å². The van der Waals surface area contributed by atoms with E-state index in [4.69, 9.17) is 4.74 Å². The normalized spacial score (nSPS) is 14.9. The van der Waals surface area contributed by atoms with Gasteiger partial charge in [0.2, 0.25) is 0 Å². The minimum atomic E-state index is 0.185. The first-order valence-electron chi connectivity index (χ1n) is 7.08. The zero-order valence-corrected chi connectivity index (χ0v) is 12.9. The van der Waals surface area contributed by atoms with Crippen molar-refractivity contribution < 1.29 is 4.74 Å². The second-order valence-electron chi connectivity index (χ2n) is 5.76. The molecule has 1 aromatic rings. The van der Waals surface area contributed by atoms with Crippen molar-refractivity contribution in [1.29, 1.82) is 0 Å². The van der Waals surface area contributed by atoms with Crippen LogP contribution in [-0.2, 0) is 11.3 Å². The number of ether oxygens (including phenoxy) is 1. The highest BCUT2D eigenvalue weighted by atomic mass is 16.5. The number of rotatable bonds is 8. The van der Waals surface area contributed by atoms with Crippen LogP contribution in [0, 0.1) is 5.92 Å². The van der Waals surface area contributed by atoms with Gasteiger partial charge in [0.1, 0.15) is 0 Å². The van der Waals surface area contributed by atoms with E-state index in [1.54, 1.807) is 0 Å². The Labute approximate surface area is 117 Å². The third kappa shape index (κ3) is 6.71. The van der Waals surface area contributed by atoms with E-state index >= 15 is 0 Å². The summed E-state index contributed by atoms with van der Waals surface area (Å²) in [6, 6.07) is 10.7. The smallest absolute Gasteiger partial charge is 0.0721 e. The van der Waals surface area contributed by atoms with E-state index in [1.165, 1.54) is 5.56 Å². The molecule has 0 fully saturated rings. The first-order valence-corrected chi connectivity index (χ1v) is 7.08. The van der Waals surface area contributed by atoms with Crippen molar-refractivity contribution in [3.05, 3.63) is 35.9 Å². The Balaban J connectivity index is 2.48. The Morgan fingerprint density at radius 2 is 1.74 bits per heavy atom. The SMILES string of the molecule is CC(C)C[C@H](NN(C)C)[C@H](C)OCc1ccccc1. The van der Waals surface area contributed by atoms with Crippen LogP contribution in [0.1, 0.15) is 32.8 Å². The predicted molar refractivity (Wildman–Crippen MR) is 80.8 cm³/mol. The molecule has 0 saturated heterocycles. The largest absolute Gasteiger partial charge is 0.372 e. The molecule has 2 atom stereocenters. The first-order chi connectivity index (χ1) is 8.99. The lowest BCUT2D eigenvalue weighted by Gasteiger charge is -2.29. The molecule has 0 aliphatic rings. The van der Waals surface area contributed by atoms with Gasteiger partial charge in [0.15, 0.2) is 0 Å². The summed E-state index contributed by atoms with van der Waals surface area (Å²) in [5.41, 5.74) is 4.68. The summed E-state index contributed by atoms with van der Waals surface area (Å²) in [6.45, 7) is 7.31. The molecule has 0 aliphatic carbocycles. The van der Waals surface area contributed by atoms with E-state index in [0.29, 0.717) is 18.6 Å². The Morgan fingerprint density at radius 3 is 2.26 bits per heavy atom. The third-order valence-corrected chi connectivity index (χ3v) is 3.07. The fourth-order valence-electron chi connectivity index (χ4n) is 2.11. The Bertz CT molecular complexity index is 328. The number of hydrogen-bond acceptors (Lipinski definition) is 3. The van der Waals surface area contributed by atoms with Crippen LogP contribution in [-0.4, -0.2) is 31.3 Å². The van der Waals surface area contributed by atoms with Crippen LogP contribution >= 0.6 is 0 Å². The molecule has 0 amide bonds. The number of benzene rings is 1. The fraction of sp³-hybridized carbons (Fsp3) is 0.625. The van der Waals surface area contributed by atoms with E-state index in [-0.39, 0.29) is 6.10 Å². The molecule has 0 radical (unpaired) electrons. The topological polar surface area (TPSA) is 24.5 Å². The fourth-order valence-corrected chi connectivity index (χ4v) is 2.11. The van der Waals surface area contributed by atoms with Crippen molar-refractivity contribution in [1.82, 2.24) is 10.4 Å². The molecular weight excluding hydrogens is 236 g/mol. The minimum absolute atomic E-state index is 0.185. The summed E-state index contributed by atoms with van der Waals surface area (Å²) >= 11 is 0. The summed E-state index contributed by atoms with van der Waals surface area (Å²) in [5.74, 6) is 0.653. The highest BCUT2D eigenvalue weighted by molar-refractivity contribution is 5.13. The number of nitrogens with zero attached hydrogens (tertiary/aromatic N) is 1. The van der Waals surface area contributed by atoms with Gasteiger partial charge in [0.05, 0.1) is 12.7 Å². The number of nitrogens with one attached hydrogen (secondary N) is 1. The van der Waals surface area contributed by atoms with Gasteiger partial charge in [0.25, 0.3) is 0 Å². The van der Waals surface area contributed by atoms with Crippen molar-refractivity contribution in [2.75, 3.05) is 14.1 Å². The quantitative estimate of drug-likeness (QED) is 0.730. The average Bonchev–Trinajstić information content (AvgIpc) is 2.35. The van der Waals surface area contributed by atoms with Gasteiger partial charge in [-0.2, -0.15) is 0 Å². The molecule has 0 spiro atoms. The van der Waals surface area contributed by atoms with E-state index < -0.39 is 0 Å². The van der Waals surface area contributed by atoms with Gasteiger partial charge in [-0.3, -0.25) is 10.4 Å². The van der Waals surface area contributed by atoms with Crippen molar-refractivity contribution in [3.8, 4) is 0 Å². The maximum atomic E-state index is 6.00. The Hall–Kier alpha value is -0.900. The maximum Gasteiger partial charge on any atom is 0.0721 e. The maximum absolute atomic E-state index is 6.00. The lowest BCUT2D eigenvalue weighted by molar-refractivity contribution is 0.00445. The van der Waals surface area contributed by atoms with Gasteiger partial charge < -0.3 is 4.74 Å². The average molecular weight is 264 g/mol. The van der Waals surface area contributed by atoms with Crippen LogP contribution in [0.15, 0.2) is 30.3 Å². The van der Waals surface area contributed by atoms with Gasteiger partial charge in [0, 0.05) is 20.1 Å². The molecule has 19 heavy (non-hydrogen) atoms. The zero-order chi connectivity index (χ0) is 14.3. The minimum Gasteiger partial charge on any atom is -0.372 e. The van der Waals surface area contributed by atoms with Gasteiger partial charge in [-0.15, -0.1) is 0 Å². The van der Waals surface area contributed by atoms with Gasteiger partial charge in [-0.1, -0.05) is 44.2 Å². The van der Waals surface area contributed by atoms with Crippen molar-refractivity contribution in [2.45, 2.75) is 45.9 Å². The van der Waals surface area contributed by atoms with Gasteiger partial charge in [-0.05, 0) is 24.8 Å². The molecular formula is C16H28N2O. The second-order valence-corrected chi connectivity index (χ2v) is 5.76. The molecule has 0 saturated carbocycles. The van der Waals surface area contributed by atoms with Crippen molar-refractivity contribution in [2.24, 2.45) is 5.92 Å². The predicted octanol–water partition coefficient (Wildman–Crippen LogP) is 3.07. The molecule has 1 N–H and O–H groups in total. The highest BCUT2D eigenvalue weighted by Gasteiger charge is 2.19. The molecule has 3 heteroatoms. The van der Waals surface area contributed by atoms with Gasteiger partial charge in [-0.25, -0.2) is 0 Å². The zero-order valence-electron chi connectivity index (χ0n) is 12.9. The van der Waals surface area contributed by atoms with Crippen LogP contribution in [0.5, 0.6) is 0 Å². The molecule has 0 aliphatic heterocycles. The molecule has 3 nitrogen and oxygen atoms in total. The lowest BCUT2D eigenvalue weighted by Crippen LogP contribution is -2.47. The summed E-state index contributed by atoms with van der Waals surface area (Å²) < 4.78 is 6.00. The van der Waals surface area contributed by atoms with Crippen molar-refractivity contribution in [3.63, 3.8) is 0 Å². The summed E-state index contributed by atoms with van der Waals surface area (Å²) in [5, 5.41) is 2.01. The van der Waals surface area contributed by atoms with Crippen LogP contribution in [0.4, 0.5) is 0 Å². The molecule has 1 aromatic carbocycles. The third-order valence-electron chi connectivity index (χ3n) is 3.07. The standard InChI is InChI=1S/C16H28N2O/c1-13(2)11-16(17-18(4)5)14(3)19-12-15-9-7-6-8-10-15/h6-10,13-14,16-17H,11-12H2,1-5H3/t14-,16-/m0/s1. The van der Waals surface area contributed by atoms with Gasteiger partial charge >= 0.3 is 0 Å². The number of hydrazine groups is 1. The van der Waals surface area contributed by atoms with Crippen molar-refractivity contribution >= 4 is 0 Å². The van der Waals surface area contributed by atoms with Crippen LogP contribution in [0.3, 0.4) is 0 Å². The highest BCUT2D eigenvalue weighted by Crippen LogP contribution is 2.13. The summed E-state index contributed by atoms with van der Waals surface area (Å²) in [6.07, 6.45) is 1.29. The first kappa shape index (κ1) is 16.2. The van der Waals surface area contributed by atoms with E-state index in [2.05, 4.69) is 38.3 Å². The van der Waals surface area contributed by atoms with Crippen LogP contribution in [0.2, 0.25) is 0 Å². The van der Waals surface area contributed by atoms with E-state index in [0.717, 1.165) is 6.42 Å². The number of hydrogen-bond donors (Lipinski definition) is 1. The monoisotopic (exact) mass is 264 g/mol. The second kappa shape index (κ2) is 8.31. The summed E-state index contributed by atoms with van der Waals surface area (Å²) in [4.78, 5) is 0. The Kier molecular flexibility index (Phi) is 7.06. The summed E-state index contributed by atoms with van der Waals surface area (Å²) in [7, 11) is 4.05. The molecule has 0 unspecified atom stereocenters. The Morgan fingerprint density at radius 1 is 1.11 bits per heavy atom. The molecule has 0 bridgehead atoms.